The molecule has 1 saturated heterocycles. The van der Waals surface area contributed by atoms with Gasteiger partial charge >= 0.3 is 12.1 Å². The maximum Gasteiger partial charge on any atom is 0.409 e. The highest BCUT2D eigenvalue weighted by Crippen LogP contribution is 2.29. The summed E-state index contributed by atoms with van der Waals surface area (Å²) in [5, 5.41) is 9.52. The second-order valence-corrected chi connectivity index (χ2v) is 7.66. The van der Waals surface area contributed by atoms with Gasteiger partial charge in [-0.25, -0.2) is 9.59 Å². The number of rotatable bonds is 9. The van der Waals surface area contributed by atoms with E-state index in [1.807, 2.05) is 24.3 Å². The summed E-state index contributed by atoms with van der Waals surface area (Å²) in [5.41, 5.74) is 1.12. The molecule has 31 heavy (non-hydrogen) atoms. The number of benzene rings is 1. The Kier molecular flexibility index (Phi) is 9.81. The van der Waals surface area contributed by atoms with Crippen molar-refractivity contribution in [3.8, 4) is 5.75 Å². The molecule has 1 aromatic carbocycles. The molecule has 1 amide bonds. The van der Waals surface area contributed by atoms with Crippen molar-refractivity contribution >= 4 is 12.1 Å². The van der Waals surface area contributed by atoms with Crippen molar-refractivity contribution in [3.05, 3.63) is 42.5 Å². The number of carboxylic acid groups (broad SMARTS) is 1. The largest absolute Gasteiger partial charge is 0.497 e. The summed E-state index contributed by atoms with van der Waals surface area (Å²) in [7, 11) is 3.02. The SMILES string of the molecule is C=CCO[C@@H]1[C@@H](Cc2ccc(OC)cc2)CCC[C@H](N(COC)C(=O)O)C(=O)O[C@H]1C. The van der Waals surface area contributed by atoms with E-state index in [4.69, 9.17) is 18.9 Å². The van der Waals surface area contributed by atoms with Crippen LogP contribution in [0.3, 0.4) is 0 Å². The van der Waals surface area contributed by atoms with E-state index in [0.29, 0.717) is 19.4 Å². The number of hydrogen-bond acceptors (Lipinski definition) is 6. The molecule has 0 aliphatic carbocycles. The lowest BCUT2D eigenvalue weighted by Crippen LogP contribution is -2.47. The number of carbonyl (C=O) groups is 2. The zero-order chi connectivity index (χ0) is 22.8. The summed E-state index contributed by atoms with van der Waals surface area (Å²) in [6.45, 7) is 5.64. The maximum absolute atomic E-state index is 12.8. The van der Waals surface area contributed by atoms with Crippen molar-refractivity contribution in [1.82, 2.24) is 4.90 Å². The minimum absolute atomic E-state index is 0.0793. The Morgan fingerprint density at radius 1 is 1.29 bits per heavy atom. The van der Waals surface area contributed by atoms with E-state index < -0.39 is 24.2 Å². The molecule has 8 nitrogen and oxygen atoms in total. The Hall–Kier alpha value is -2.58. The molecule has 0 saturated carbocycles. The lowest BCUT2D eigenvalue weighted by atomic mass is 9.86. The van der Waals surface area contributed by atoms with Gasteiger partial charge in [-0.1, -0.05) is 24.6 Å². The van der Waals surface area contributed by atoms with Crippen molar-refractivity contribution < 1.29 is 33.6 Å². The number of cyclic esters (lactones) is 1. The summed E-state index contributed by atoms with van der Waals surface area (Å²) < 4.78 is 21.9. The quantitative estimate of drug-likeness (QED) is 0.360. The molecule has 1 aliphatic rings. The Morgan fingerprint density at radius 3 is 2.58 bits per heavy atom. The fraction of sp³-hybridized carbons (Fsp3) is 0.565. The van der Waals surface area contributed by atoms with E-state index in [1.54, 1.807) is 20.1 Å². The van der Waals surface area contributed by atoms with Gasteiger partial charge in [-0.15, -0.1) is 6.58 Å². The van der Waals surface area contributed by atoms with E-state index in [0.717, 1.165) is 29.1 Å². The first-order valence-corrected chi connectivity index (χ1v) is 10.5. The van der Waals surface area contributed by atoms with Crippen LogP contribution in [0.2, 0.25) is 0 Å². The van der Waals surface area contributed by atoms with Crippen LogP contribution in [-0.4, -0.2) is 67.9 Å². The smallest absolute Gasteiger partial charge is 0.409 e. The summed E-state index contributed by atoms with van der Waals surface area (Å²) in [6, 6.07) is 6.94. The number of esters is 1. The minimum atomic E-state index is -1.22. The molecule has 0 unspecified atom stereocenters. The second kappa shape index (κ2) is 12.3. The fourth-order valence-electron chi connectivity index (χ4n) is 4.00. The number of hydrogen-bond donors (Lipinski definition) is 1. The highest BCUT2D eigenvalue weighted by atomic mass is 16.6. The molecular formula is C23H33NO7. The second-order valence-electron chi connectivity index (χ2n) is 7.66. The lowest BCUT2D eigenvalue weighted by Gasteiger charge is -2.31. The van der Waals surface area contributed by atoms with Gasteiger partial charge < -0.3 is 24.1 Å². The summed E-state index contributed by atoms with van der Waals surface area (Å²) in [6.07, 6.45) is 2.05. The molecule has 0 aromatic heterocycles. The molecule has 2 rings (SSSR count). The van der Waals surface area contributed by atoms with E-state index in [9.17, 15) is 14.7 Å². The number of nitrogens with zero attached hydrogens (tertiary/aromatic N) is 1. The van der Waals surface area contributed by atoms with Gasteiger partial charge in [0.05, 0.1) is 19.8 Å². The third kappa shape index (κ3) is 6.97. The van der Waals surface area contributed by atoms with Crippen molar-refractivity contribution in [2.24, 2.45) is 5.92 Å². The molecule has 4 atom stereocenters. The van der Waals surface area contributed by atoms with Gasteiger partial charge in [-0.3, -0.25) is 4.90 Å². The average Bonchev–Trinajstić information content (AvgIpc) is 2.80. The van der Waals surface area contributed by atoms with Crippen LogP contribution in [0.1, 0.15) is 31.7 Å². The van der Waals surface area contributed by atoms with E-state index in [1.165, 1.54) is 7.11 Å². The first-order chi connectivity index (χ1) is 14.9. The fourth-order valence-corrected chi connectivity index (χ4v) is 4.00. The first-order valence-electron chi connectivity index (χ1n) is 10.5. The number of ether oxygens (including phenoxy) is 4. The molecule has 172 valence electrons. The van der Waals surface area contributed by atoms with E-state index in [-0.39, 0.29) is 18.8 Å². The van der Waals surface area contributed by atoms with Crippen molar-refractivity contribution in [1.29, 1.82) is 0 Å². The zero-order valence-corrected chi connectivity index (χ0v) is 18.5. The van der Waals surface area contributed by atoms with Crippen LogP contribution in [0.15, 0.2) is 36.9 Å². The topological polar surface area (TPSA) is 94.5 Å². The van der Waals surface area contributed by atoms with Gasteiger partial charge in [0.1, 0.15) is 24.6 Å². The van der Waals surface area contributed by atoms with Gasteiger partial charge in [0.25, 0.3) is 0 Å². The van der Waals surface area contributed by atoms with E-state index >= 15 is 0 Å². The molecule has 0 spiro atoms. The lowest BCUT2D eigenvalue weighted by molar-refractivity contribution is -0.164. The van der Waals surface area contributed by atoms with Crippen molar-refractivity contribution in [3.63, 3.8) is 0 Å². The molecule has 1 N–H and O–H groups in total. The van der Waals surface area contributed by atoms with Crippen LogP contribution >= 0.6 is 0 Å². The Morgan fingerprint density at radius 2 is 2.00 bits per heavy atom. The van der Waals surface area contributed by atoms with Crippen LogP contribution in [0, 0.1) is 5.92 Å². The molecule has 8 heteroatoms. The predicted octanol–water partition coefficient (Wildman–Crippen LogP) is 3.49. The molecule has 0 radical (unpaired) electrons. The normalized spacial score (nSPS) is 24.3. The molecule has 1 aromatic rings. The van der Waals surface area contributed by atoms with Crippen LogP contribution in [0.5, 0.6) is 5.75 Å². The summed E-state index contributed by atoms with van der Waals surface area (Å²) >= 11 is 0. The van der Waals surface area contributed by atoms with Gasteiger partial charge in [-0.2, -0.15) is 0 Å². The highest BCUT2D eigenvalue weighted by molar-refractivity contribution is 5.81. The van der Waals surface area contributed by atoms with Gasteiger partial charge in [-0.05, 0) is 49.8 Å². The highest BCUT2D eigenvalue weighted by Gasteiger charge is 2.37. The first kappa shape index (κ1) is 24.7. The summed E-state index contributed by atoms with van der Waals surface area (Å²) in [4.78, 5) is 25.5. The standard InChI is InChI=1S/C23H33NO7/c1-5-13-30-21-16(2)31-22(25)20(24(15-28-3)23(26)27)8-6-7-18(21)14-17-9-11-19(29-4)12-10-17/h5,9-12,16,18,20-21H,1,6-8,13-15H2,2-4H3,(H,26,27)/t16-,18+,20-,21-/m0/s1. The third-order valence-electron chi connectivity index (χ3n) is 5.51. The number of methoxy groups -OCH3 is 2. The Bertz CT molecular complexity index is 721. The van der Waals surface area contributed by atoms with Crippen molar-refractivity contribution in [2.45, 2.75) is 50.9 Å². The van der Waals surface area contributed by atoms with Crippen molar-refractivity contribution in [2.75, 3.05) is 27.6 Å². The predicted molar refractivity (Wildman–Crippen MR) is 115 cm³/mol. The minimum Gasteiger partial charge on any atom is -0.497 e. The van der Waals surface area contributed by atoms with Gasteiger partial charge in [0.15, 0.2) is 0 Å². The zero-order valence-electron chi connectivity index (χ0n) is 18.5. The third-order valence-corrected chi connectivity index (χ3v) is 5.51. The monoisotopic (exact) mass is 435 g/mol. The number of amides is 1. The Balaban J connectivity index is 2.25. The van der Waals surface area contributed by atoms with Gasteiger partial charge in [0.2, 0.25) is 0 Å². The summed E-state index contributed by atoms with van der Waals surface area (Å²) in [5.74, 6) is 0.287. The van der Waals surface area contributed by atoms with Gasteiger partial charge in [0, 0.05) is 7.11 Å². The number of carbonyl (C=O) groups excluding carboxylic acids is 1. The molecule has 1 fully saturated rings. The molecule has 0 bridgehead atoms. The maximum atomic E-state index is 12.8. The van der Waals surface area contributed by atoms with Crippen LogP contribution in [-0.2, 0) is 25.4 Å². The molecule has 1 heterocycles. The van der Waals surface area contributed by atoms with Crippen LogP contribution < -0.4 is 4.74 Å². The van der Waals surface area contributed by atoms with Crippen LogP contribution in [0.4, 0.5) is 4.79 Å². The van der Waals surface area contributed by atoms with Crippen LogP contribution in [0.25, 0.3) is 0 Å². The molecule has 1 aliphatic heterocycles. The van der Waals surface area contributed by atoms with E-state index in [2.05, 4.69) is 6.58 Å². The Labute approximate surface area is 183 Å². The average molecular weight is 436 g/mol. The molecular weight excluding hydrogens is 402 g/mol.